The zero-order valence-electron chi connectivity index (χ0n) is 16.4. The molecular weight excluding hydrogens is 364 g/mol. The number of nitrogens with two attached hydrogens (primary N) is 1. The van der Waals surface area contributed by atoms with Gasteiger partial charge in [0.1, 0.15) is 18.7 Å². The van der Waals surface area contributed by atoms with Crippen LogP contribution in [-0.2, 0) is 6.54 Å². The number of furan rings is 1. The third-order valence-corrected chi connectivity index (χ3v) is 6.11. The van der Waals surface area contributed by atoms with E-state index in [4.69, 9.17) is 8.83 Å². The van der Waals surface area contributed by atoms with Crippen molar-refractivity contribution in [3.63, 3.8) is 0 Å². The summed E-state index contributed by atoms with van der Waals surface area (Å²) in [5.41, 5.74) is 1.40. The van der Waals surface area contributed by atoms with Crippen molar-refractivity contribution in [1.29, 1.82) is 0 Å². The molecule has 5 heteroatoms. The van der Waals surface area contributed by atoms with Crippen LogP contribution in [0.1, 0.15) is 30.2 Å². The molecule has 4 aromatic rings. The Labute approximate surface area is 168 Å². The number of fused-ring (bicyclic) bond motifs is 3. The predicted octanol–water partition coefficient (Wildman–Crippen LogP) is 2.02. The first-order valence-electron chi connectivity index (χ1n) is 10.4. The van der Waals surface area contributed by atoms with Gasteiger partial charge in [0, 0.05) is 29.9 Å². The van der Waals surface area contributed by atoms with E-state index in [9.17, 15) is 4.79 Å². The zero-order chi connectivity index (χ0) is 19.6. The molecule has 0 amide bonds. The van der Waals surface area contributed by atoms with E-state index < -0.39 is 0 Å². The van der Waals surface area contributed by atoms with Crippen LogP contribution >= 0.6 is 0 Å². The van der Waals surface area contributed by atoms with E-state index in [0.717, 1.165) is 40.6 Å². The molecule has 2 aromatic heterocycles. The predicted molar refractivity (Wildman–Crippen MR) is 112 cm³/mol. The number of benzene rings is 2. The zero-order valence-corrected chi connectivity index (χ0v) is 16.4. The Morgan fingerprint density at radius 2 is 1.90 bits per heavy atom. The van der Waals surface area contributed by atoms with Gasteiger partial charge in [-0.15, -0.1) is 0 Å². The van der Waals surface area contributed by atoms with Crippen molar-refractivity contribution < 1.29 is 19.1 Å². The van der Waals surface area contributed by atoms with Crippen molar-refractivity contribution in [1.82, 2.24) is 0 Å². The number of nitrogens with one attached hydrogen (secondary N) is 1. The Bertz CT molecular complexity index is 1170. The minimum absolute atomic E-state index is 0.288. The van der Waals surface area contributed by atoms with Crippen LogP contribution in [-0.4, -0.2) is 19.6 Å². The van der Waals surface area contributed by atoms with Gasteiger partial charge in [0.15, 0.2) is 11.8 Å². The van der Waals surface area contributed by atoms with Gasteiger partial charge in [0.05, 0.1) is 19.4 Å². The molecule has 1 aliphatic heterocycles. The molecule has 5 nitrogen and oxygen atoms in total. The van der Waals surface area contributed by atoms with E-state index in [0.29, 0.717) is 11.6 Å². The van der Waals surface area contributed by atoms with Crippen LogP contribution in [0.3, 0.4) is 0 Å². The van der Waals surface area contributed by atoms with Gasteiger partial charge in [0.25, 0.3) is 0 Å². The van der Waals surface area contributed by atoms with Crippen LogP contribution in [0.2, 0.25) is 0 Å². The molecule has 0 bridgehead atoms. The third kappa shape index (κ3) is 3.59. The molecule has 148 valence electrons. The lowest BCUT2D eigenvalue weighted by Crippen LogP contribution is -3.13. The van der Waals surface area contributed by atoms with Gasteiger partial charge in [-0.2, -0.15) is 0 Å². The van der Waals surface area contributed by atoms with Crippen LogP contribution in [0.15, 0.2) is 74.5 Å². The highest BCUT2D eigenvalue weighted by Crippen LogP contribution is 2.26. The van der Waals surface area contributed by atoms with Crippen LogP contribution in [0.25, 0.3) is 21.7 Å². The summed E-state index contributed by atoms with van der Waals surface area (Å²) >= 11 is 0. The molecule has 1 fully saturated rings. The molecule has 2 aromatic carbocycles. The molecular formula is C24H26N2O3+2. The normalized spacial score (nSPS) is 16.0. The molecule has 0 spiro atoms. The summed E-state index contributed by atoms with van der Waals surface area (Å²) < 4.78 is 11.2. The summed E-state index contributed by atoms with van der Waals surface area (Å²) in [6.07, 6.45) is 4.33. The van der Waals surface area contributed by atoms with Crippen LogP contribution < -0.4 is 15.8 Å². The van der Waals surface area contributed by atoms with E-state index in [-0.39, 0.29) is 5.63 Å². The first-order chi connectivity index (χ1) is 14.3. The van der Waals surface area contributed by atoms with E-state index in [2.05, 4.69) is 23.5 Å². The fraction of sp³-hybridized carbons (Fsp3) is 0.292. The lowest BCUT2D eigenvalue weighted by Gasteiger charge is -2.21. The van der Waals surface area contributed by atoms with Crippen molar-refractivity contribution in [2.45, 2.75) is 25.4 Å². The Hall–Kier alpha value is -2.89. The van der Waals surface area contributed by atoms with Gasteiger partial charge in [-0.3, -0.25) is 0 Å². The molecule has 3 N–H and O–H groups in total. The van der Waals surface area contributed by atoms with E-state index in [1.54, 1.807) is 17.2 Å². The number of rotatable bonds is 6. The van der Waals surface area contributed by atoms with Crippen molar-refractivity contribution in [3.8, 4) is 0 Å². The average Bonchev–Trinajstić information content (AvgIpc) is 3.45. The fourth-order valence-electron chi connectivity index (χ4n) is 4.74. The topological polar surface area (TPSA) is 64.4 Å². The van der Waals surface area contributed by atoms with Gasteiger partial charge in [-0.1, -0.05) is 30.3 Å². The quantitative estimate of drug-likeness (QED) is 0.391. The lowest BCUT2D eigenvalue weighted by molar-refractivity contribution is -0.936. The Balaban J connectivity index is 1.44. The van der Waals surface area contributed by atoms with E-state index >= 15 is 0 Å². The summed E-state index contributed by atoms with van der Waals surface area (Å²) in [6, 6.07) is 18.2. The second-order valence-electron chi connectivity index (χ2n) is 7.91. The van der Waals surface area contributed by atoms with E-state index in [1.165, 1.54) is 25.9 Å². The van der Waals surface area contributed by atoms with Crippen LogP contribution in [0, 0.1) is 0 Å². The lowest BCUT2D eigenvalue weighted by atomic mass is 10.0. The molecule has 0 aliphatic carbocycles. The summed E-state index contributed by atoms with van der Waals surface area (Å²) in [6.45, 7) is 4.05. The molecule has 0 radical (unpaired) electrons. The van der Waals surface area contributed by atoms with Crippen molar-refractivity contribution >= 4 is 21.7 Å². The molecule has 29 heavy (non-hydrogen) atoms. The maximum absolute atomic E-state index is 12.1. The van der Waals surface area contributed by atoms with E-state index in [1.807, 2.05) is 30.3 Å². The highest BCUT2D eigenvalue weighted by atomic mass is 16.4. The largest absolute Gasteiger partial charge is 0.463 e. The van der Waals surface area contributed by atoms with Crippen molar-refractivity contribution in [3.05, 3.63) is 82.6 Å². The summed E-state index contributed by atoms with van der Waals surface area (Å²) in [7, 11) is 0. The van der Waals surface area contributed by atoms with Crippen molar-refractivity contribution in [2.75, 3.05) is 19.6 Å². The number of likely N-dealkylation sites (tertiary alicyclic amines) is 1. The second kappa shape index (κ2) is 7.85. The first-order valence-corrected chi connectivity index (χ1v) is 10.4. The maximum atomic E-state index is 12.1. The summed E-state index contributed by atoms with van der Waals surface area (Å²) in [5.74, 6) is 1.06. The van der Waals surface area contributed by atoms with Gasteiger partial charge in [-0.25, -0.2) is 4.79 Å². The van der Waals surface area contributed by atoms with Crippen molar-refractivity contribution in [2.24, 2.45) is 0 Å². The molecule has 0 saturated carbocycles. The monoisotopic (exact) mass is 390 g/mol. The highest BCUT2D eigenvalue weighted by molar-refractivity contribution is 6.06. The fourth-order valence-corrected chi connectivity index (χ4v) is 4.74. The number of quaternary nitrogens is 2. The Kier molecular flexibility index (Phi) is 4.92. The molecule has 3 heterocycles. The van der Waals surface area contributed by atoms with Crippen LogP contribution in [0.5, 0.6) is 0 Å². The SMILES string of the molecule is O=c1cc(C[NH2+]C[C@@H](c2ccco2)[NH+]2CCCC2)c2c(ccc3ccccc32)o1. The number of hydrogen-bond acceptors (Lipinski definition) is 3. The molecule has 1 saturated heterocycles. The smallest absolute Gasteiger partial charge is 0.336 e. The summed E-state index contributed by atoms with van der Waals surface area (Å²) in [5, 5.41) is 5.63. The van der Waals surface area contributed by atoms with Gasteiger partial charge >= 0.3 is 5.63 Å². The minimum Gasteiger partial charge on any atom is -0.463 e. The number of hydrogen-bond donors (Lipinski definition) is 2. The Morgan fingerprint density at radius 3 is 2.72 bits per heavy atom. The van der Waals surface area contributed by atoms with Gasteiger partial charge < -0.3 is 19.1 Å². The van der Waals surface area contributed by atoms with Gasteiger partial charge in [0.2, 0.25) is 0 Å². The minimum atomic E-state index is -0.288. The molecule has 1 aliphatic rings. The van der Waals surface area contributed by atoms with Crippen LogP contribution in [0.4, 0.5) is 0 Å². The highest BCUT2D eigenvalue weighted by Gasteiger charge is 2.30. The summed E-state index contributed by atoms with van der Waals surface area (Å²) in [4.78, 5) is 13.7. The van der Waals surface area contributed by atoms with Gasteiger partial charge in [-0.05, 0) is 29.0 Å². The second-order valence-corrected chi connectivity index (χ2v) is 7.91. The Morgan fingerprint density at radius 1 is 1.03 bits per heavy atom. The average molecular weight is 390 g/mol. The maximum Gasteiger partial charge on any atom is 0.336 e. The first kappa shape index (κ1) is 18.2. The molecule has 0 unspecified atom stereocenters. The standard InChI is InChI=1S/C24H24N2O3/c27-23-14-18(24-19-7-2-1-6-17(19)9-10-22(24)29-23)15-25-16-20(21-8-5-13-28-21)26-11-3-4-12-26/h1-2,5-10,13-14,20,25H,3-4,11-12,15-16H2/p+2/t20-/m0/s1. The third-order valence-electron chi connectivity index (χ3n) is 6.11. The molecule has 1 atom stereocenters. The molecule has 5 rings (SSSR count).